The average Bonchev–Trinajstić information content (AvgIpc) is 1.98. The van der Waals surface area contributed by atoms with E-state index in [1.165, 1.54) is 6.41 Å². The molecule has 0 fully saturated rings. The van der Waals surface area contributed by atoms with Gasteiger partial charge in [-0.05, 0) is 5.75 Å². The Labute approximate surface area is 129 Å². The standard InChI is InChI=1S/C6H9BNOS.U.Y/c1-3-10-4-6(2)8(7)5-9;;/h6H,1-4H2;;/q-3;+2;/t6-;;/m1../s1. The Morgan fingerprint density at radius 1 is 1.67 bits per heavy atom. The van der Waals surface area contributed by atoms with Gasteiger partial charge >= 0.3 is 31.1 Å². The third-order valence-corrected chi connectivity index (χ3v) is 1.86. The van der Waals surface area contributed by atoms with Gasteiger partial charge in [-0.25, -0.2) is 0 Å². The summed E-state index contributed by atoms with van der Waals surface area (Å²) >= 11 is 1.59. The van der Waals surface area contributed by atoms with Crippen LogP contribution in [0.1, 0.15) is 0 Å². The van der Waals surface area contributed by atoms with E-state index in [-0.39, 0.29) is 69.9 Å². The zero-order valence-electron chi connectivity index (χ0n) is 6.82. The Morgan fingerprint density at radius 3 is 2.50 bits per heavy atom. The van der Waals surface area contributed by atoms with E-state index >= 15 is 0 Å². The summed E-state index contributed by atoms with van der Waals surface area (Å²) in [5.41, 5.74) is 0. The molecule has 0 N–H and O–H groups in total. The number of carbonyl (C=O) groups excluding carboxylic acids is 1. The second kappa shape index (κ2) is 13.0. The summed E-state index contributed by atoms with van der Waals surface area (Å²) in [5, 5.41) is 0. The smallest absolute Gasteiger partial charge is 0.593 e. The van der Waals surface area contributed by atoms with Crippen molar-refractivity contribution in [2.45, 2.75) is 6.04 Å². The van der Waals surface area contributed by atoms with Gasteiger partial charge in [0, 0.05) is 32.7 Å². The molecule has 12 heavy (non-hydrogen) atoms. The van der Waals surface area contributed by atoms with Crippen LogP contribution < -0.4 is 0 Å². The second-order valence-corrected chi connectivity index (χ2v) is 2.88. The van der Waals surface area contributed by atoms with E-state index in [4.69, 9.17) is 7.98 Å². The van der Waals surface area contributed by atoms with Crippen molar-refractivity contribution in [2.24, 2.45) is 0 Å². The molecule has 0 aromatic heterocycles. The first-order valence-electron chi connectivity index (χ1n) is 2.84. The van der Waals surface area contributed by atoms with Gasteiger partial charge in [0.05, 0.1) is 0 Å². The predicted octanol–water partition coefficient (Wildman–Crippen LogP) is 0.207. The Bertz CT molecular complexity index is 112. The van der Waals surface area contributed by atoms with Gasteiger partial charge in [-0.3, -0.25) is 0 Å². The summed E-state index contributed by atoms with van der Waals surface area (Å²) in [5.74, 6) is 1.47. The fourth-order valence-electron chi connectivity index (χ4n) is 0.374. The summed E-state index contributed by atoms with van der Waals surface area (Å²) in [6.45, 7) is 7.26. The van der Waals surface area contributed by atoms with Gasteiger partial charge < -0.3 is 23.5 Å². The second-order valence-electron chi connectivity index (χ2n) is 1.73. The third kappa shape index (κ3) is 10.1. The van der Waals surface area contributed by atoms with Crippen LogP contribution in [0.2, 0.25) is 0 Å². The molecule has 3 radical (unpaired) electrons. The normalized spacial score (nSPS) is 10.5. The maximum atomic E-state index is 9.92. The van der Waals surface area contributed by atoms with E-state index in [1.807, 2.05) is 0 Å². The fourth-order valence-corrected chi connectivity index (χ4v) is 0.974. The van der Waals surface area contributed by atoms with Crippen LogP contribution in [-0.2, 0) is 37.5 Å². The first kappa shape index (κ1) is 19.6. The van der Waals surface area contributed by atoms with Crippen LogP contribution in [0.15, 0.2) is 0 Å². The van der Waals surface area contributed by atoms with Crippen molar-refractivity contribution in [3.05, 3.63) is 13.8 Å². The van der Waals surface area contributed by atoms with Crippen LogP contribution in [-0.4, -0.2) is 36.7 Å². The summed E-state index contributed by atoms with van der Waals surface area (Å²) in [6, 6.07) is -0.204. The number of rotatable bonds is 5. The number of thioether (sulfide) groups is 1. The van der Waals surface area contributed by atoms with Gasteiger partial charge in [0.25, 0.3) is 0 Å². The van der Waals surface area contributed by atoms with Crippen molar-refractivity contribution in [1.29, 1.82) is 0 Å². The van der Waals surface area contributed by atoms with Crippen molar-refractivity contribution in [3.8, 4) is 0 Å². The van der Waals surface area contributed by atoms with Gasteiger partial charge in [-0.15, -0.1) is 11.8 Å². The van der Waals surface area contributed by atoms with Crippen molar-refractivity contribution in [1.82, 2.24) is 4.81 Å². The van der Waals surface area contributed by atoms with Crippen molar-refractivity contribution >= 4 is 26.2 Å². The minimum absolute atomic E-state index is 0. The minimum atomic E-state index is -0.204. The molecule has 1 atom stereocenters. The number of hydrogen-bond acceptors (Lipinski definition) is 2. The summed E-state index contributed by atoms with van der Waals surface area (Å²) in [6.07, 6.45) is 1.54. The molecule has 61 valence electrons. The Morgan fingerprint density at radius 2 is 2.17 bits per heavy atom. The van der Waals surface area contributed by atoms with E-state index in [0.29, 0.717) is 5.75 Å². The monoisotopic (exact) mass is 481 g/mol. The molecule has 0 saturated carbocycles. The molecular formula is C6H9BNOSUY-. The van der Waals surface area contributed by atoms with Gasteiger partial charge in [-0.2, -0.15) is 18.2 Å². The molecule has 0 bridgehead atoms. The molecule has 0 aliphatic rings. The summed E-state index contributed by atoms with van der Waals surface area (Å²) < 4.78 is 0. The van der Waals surface area contributed by atoms with E-state index in [2.05, 4.69) is 13.8 Å². The van der Waals surface area contributed by atoms with Crippen LogP contribution >= 0.6 is 11.8 Å². The molecule has 0 saturated heterocycles. The molecule has 1 amide bonds. The molecule has 0 aliphatic heterocycles. The molecular weight excluding hydrogens is 472 g/mol. The molecule has 2 nitrogen and oxygen atoms in total. The van der Waals surface area contributed by atoms with Crippen LogP contribution in [0.25, 0.3) is 0 Å². The maximum Gasteiger partial charge on any atom is 2.00 e. The molecule has 6 heteroatoms. The van der Waals surface area contributed by atoms with E-state index in [1.54, 1.807) is 11.8 Å². The number of nitrogens with zero attached hydrogens (tertiary/aromatic N) is 1. The van der Waals surface area contributed by atoms with Crippen molar-refractivity contribution in [3.63, 3.8) is 0 Å². The van der Waals surface area contributed by atoms with Crippen LogP contribution in [0, 0.1) is 45.0 Å². The largest absolute Gasteiger partial charge is 2.00 e. The van der Waals surface area contributed by atoms with E-state index in [0.717, 1.165) is 10.6 Å². The van der Waals surface area contributed by atoms with Crippen LogP contribution in [0.5, 0.6) is 0 Å². The fraction of sp³-hybridized carbons (Fsp3) is 0.500. The van der Waals surface area contributed by atoms with Gasteiger partial charge in [-0.1, -0.05) is 0 Å². The maximum absolute atomic E-state index is 9.92. The molecule has 0 unspecified atom stereocenters. The van der Waals surface area contributed by atoms with Crippen LogP contribution in [0.4, 0.5) is 0 Å². The molecule has 0 aliphatic carbocycles. The average molecular weight is 481 g/mol. The zero-order chi connectivity index (χ0) is 7.98. The molecule has 0 aromatic rings. The van der Waals surface area contributed by atoms with Crippen molar-refractivity contribution in [2.75, 3.05) is 11.5 Å². The van der Waals surface area contributed by atoms with E-state index in [9.17, 15) is 4.79 Å². The quantitative estimate of drug-likeness (QED) is 0.318. The van der Waals surface area contributed by atoms with Gasteiger partial charge in [0.1, 0.15) is 0 Å². The van der Waals surface area contributed by atoms with Gasteiger partial charge in [0.15, 0.2) is 7.98 Å². The van der Waals surface area contributed by atoms with Crippen LogP contribution in [0.3, 0.4) is 0 Å². The van der Waals surface area contributed by atoms with Gasteiger partial charge in [0.2, 0.25) is 0 Å². The SMILES string of the molecule is [B]N([C-]=O)[C@H]([CH2-])CSC[CH2-].[U+2].[Y]. The third-order valence-electron chi connectivity index (χ3n) is 0.953. The Balaban J connectivity index is -0.000000405. The Kier molecular flexibility index (Phi) is 21.3. The summed E-state index contributed by atoms with van der Waals surface area (Å²) in [7, 11) is 5.17. The molecule has 0 heterocycles. The Hall–Kier alpha value is 2.04. The minimum Gasteiger partial charge on any atom is -0.593 e. The number of amides is 1. The topological polar surface area (TPSA) is 20.3 Å². The zero-order valence-corrected chi connectivity index (χ0v) is 14.6. The molecule has 0 spiro atoms. The van der Waals surface area contributed by atoms with E-state index < -0.39 is 0 Å². The first-order valence-corrected chi connectivity index (χ1v) is 3.99. The molecule has 0 aromatic carbocycles. The number of hydrogen-bond donors (Lipinski definition) is 0. The molecule has 0 rings (SSSR count). The predicted molar refractivity (Wildman–Crippen MR) is 45.1 cm³/mol. The first-order chi connectivity index (χ1) is 4.72. The summed E-state index contributed by atoms with van der Waals surface area (Å²) in [4.78, 5) is 10.9. The van der Waals surface area contributed by atoms with Crippen molar-refractivity contribution < 1.29 is 68.6 Å².